The van der Waals surface area contributed by atoms with Crippen LogP contribution in [0.5, 0.6) is 0 Å². The molecule has 1 aromatic rings. The van der Waals surface area contributed by atoms with Crippen molar-refractivity contribution >= 4 is 5.91 Å². The van der Waals surface area contributed by atoms with Crippen molar-refractivity contribution in [2.45, 2.75) is 25.0 Å². The van der Waals surface area contributed by atoms with E-state index in [4.69, 9.17) is 9.47 Å². The predicted octanol–water partition coefficient (Wildman–Crippen LogP) is 1.84. The summed E-state index contributed by atoms with van der Waals surface area (Å²) in [5.74, 6) is 0.531. The van der Waals surface area contributed by atoms with Gasteiger partial charge in [-0.1, -0.05) is 6.08 Å². The molecule has 21 heavy (non-hydrogen) atoms. The maximum atomic E-state index is 12.6. The van der Waals surface area contributed by atoms with Gasteiger partial charge in [0.1, 0.15) is 5.69 Å². The third-order valence-electron chi connectivity index (χ3n) is 4.31. The molecule has 0 unspecified atom stereocenters. The summed E-state index contributed by atoms with van der Waals surface area (Å²) in [7, 11) is 0. The molecule has 3 atom stereocenters. The Morgan fingerprint density at radius 3 is 3.24 bits per heavy atom. The second-order valence-electron chi connectivity index (χ2n) is 5.72. The maximum absolute atomic E-state index is 12.6. The number of aromatic amines is 1. The summed E-state index contributed by atoms with van der Waals surface area (Å²) in [6, 6.07) is 3.85. The summed E-state index contributed by atoms with van der Waals surface area (Å²) < 4.78 is 11.4. The lowest BCUT2D eigenvalue weighted by Crippen LogP contribution is -2.51. The minimum atomic E-state index is 0.0750. The van der Waals surface area contributed by atoms with Crippen LogP contribution in [-0.2, 0) is 9.47 Å². The predicted molar refractivity (Wildman–Crippen MR) is 79.1 cm³/mol. The van der Waals surface area contributed by atoms with E-state index in [0.717, 1.165) is 12.8 Å². The first-order chi connectivity index (χ1) is 10.3. The van der Waals surface area contributed by atoms with Crippen LogP contribution >= 0.6 is 0 Å². The van der Waals surface area contributed by atoms with Gasteiger partial charge in [0.2, 0.25) is 0 Å². The molecular formula is C16H22N2O3. The Morgan fingerprint density at radius 1 is 1.57 bits per heavy atom. The highest BCUT2D eigenvalue weighted by Crippen LogP contribution is 2.35. The van der Waals surface area contributed by atoms with Crippen molar-refractivity contribution in [3.8, 4) is 0 Å². The van der Waals surface area contributed by atoms with Crippen molar-refractivity contribution in [1.29, 1.82) is 0 Å². The van der Waals surface area contributed by atoms with Gasteiger partial charge in [-0.2, -0.15) is 0 Å². The summed E-state index contributed by atoms with van der Waals surface area (Å²) in [6.45, 7) is 6.24. The van der Waals surface area contributed by atoms with Crippen LogP contribution in [0, 0.1) is 5.92 Å². The zero-order valence-corrected chi connectivity index (χ0v) is 12.2. The first-order valence-corrected chi connectivity index (χ1v) is 7.54. The van der Waals surface area contributed by atoms with Crippen LogP contribution < -0.4 is 0 Å². The molecule has 0 bridgehead atoms. The fraction of sp³-hybridized carbons (Fsp3) is 0.562. The highest BCUT2D eigenvalue weighted by atomic mass is 16.5. The molecule has 3 rings (SSSR count). The van der Waals surface area contributed by atoms with E-state index < -0.39 is 0 Å². The van der Waals surface area contributed by atoms with Crippen LogP contribution in [0.15, 0.2) is 31.0 Å². The summed E-state index contributed by atoms with van der Waals surface area (Å²) in [5, 5.41) is 0. The molecule has 5 heteroatoms. The number of hydrogen-bond donors (Lipinski definition) is 1. The number of aromatic nitrogens is 1. The van der Waals surface area contributed by atoms with Gasteiger partial charge in [-0.05, 0) is 30.9 Å². The lowest BCUT2D eigenvalue weighted by molar-refractivity contribution is -0.0451. The highest BCUT2D eigenvalue weighted by Gasteiger charge is 2.43. The molecule has 0 spiro atoms. The molecule has 1 aliphatic heterocycles. The number of ether oxygens (including phenoxy) is 2. The van der Waals surface area contributed by atoms with Gasteiger partial charge in [0.25, 0.3) is 5.91 Å². The van der Waals surface area contributed by atoms with Gasteiger partial charge >= 0.3 is 0 Å². The number of nitrogens with zero attached hydrogens (tertiary/aromatic N) is 1. The molecule has 1 saturated heterocycles. The third kappa shape index (κ3) is 3.04. The van der Waals surface area contributed by atoms with Gasteiger partial charge in [-0.15, -0.1) is 6.58 Å². The highest BCUT2D eigenvalue weighted by molar-refractivity contribution is 5.92. The Balaban J connectivity index is 1.64. The number of hydrogen-bond acceptors (Lipinski definition) is 3. The van der Waals surface area contributed by atoms with Gasteiger partial charge < -0.3 is 19.4 Å². The summed E-state index contributed by atoms with van der Waals surface area (Å²) >= 11 is 0. The molecule has 114 valence electrons. The zero-order chi connectivity index (χ0) is 14.7. The molecule has 1 saturated carbocycles. The Kier molecular flexibility index (Phi) is 4.41. The van der Waals surface area contributed by atoms with Crippen LogP contribution in [0.2, 0.25) is 0 Å². The molecule has 0 aromatic carbocycles. The summed E-state index contributed by atoms with van der Waals surface area (Å²) in [6.07, 6.45) is 5.62. The molecule has 2 aliphatic rings. The molecule has 1 aromatic heterocycles. The smallest absolute Gasteiger partial charge is 0.270 e. The number of rotatable bonds is 5. The zero-order valence-electron chi connectivity index (χ0n) is 12.2. The second-order valence-corrected chi connectivity index (χ2v) is 5.72. The van der Waals surface area contributed by atoms with Crippen molar-refractivity contribution in [1.82, 2.24) is 9.88 Å². The quantitative estimate of drug-likeness (QED) is 0.665. The standard InChI is InChI=1S/C16H22N2O3/c1-2-7-20-11-12-9-14-15(10-12)21-8-6-18(14)16(19)13-4-3-5-17-13/h2-5,12,14-15,17H,1,6-11H2/t12-,14-,15-/m0/s1. The van der Waals surface area contributed by atoms with Crippen molar-refractivity contribution < 1.29 is 14.3 Å². The number of fused-ring (bicyclic) bond motifs is 1. The van der Waals surface area contributed by atoms with Gasteiger partial charge in [0, 0.05) is 19.3 Å². The van der Waals surface area contributed by atoms with E-state index in [2.05, 4.69) is 11.6 Å². The topological polar surface area (TPSA) is 54.6 Å². The number of carbonyl (C=O) groups is 1. The number of H-pyrrole nitrogens is 1. The van der Waals surface area contributed by atoms with E-state index >= 15 is 0 Å². The number of nitrogens with one attached hydrogen (secondary N) is 1. The van der Waals surface area contributed by atoms with E-state index in [9.17, 15) is 4.79 Å². The average molecular weight is 290 g/mol. The van der Waals surface area contributed by atoms with Gasteiger partial charge in [0.05, 0.1) is 25.4 Å². The number of morpholine rings is 1. The maximum Gasteiger partial charge on any atom is 0.270 e. The molecule has 1 amide bonds. The second kappa shape index (κ2) is 6.45. The van der Waals surface area contributed by atoms with E-state index in [-0.39, 0.29) is 18.1 Å². The molecule has 5 nitrogen and oxygen atoms in total. The van der Waals surface area contributed by atoms with Crippen molar-refractivity contribution in [3.05, 3.63) is 36.7 Å². The Labute approximate surface area is 124 Å². The lowest BCUT2D eigenvalue weighted by atomic mass is 10.1. The molecular weight excluding hydrogens is 268 g/mol. The van der Waals surface area contributed by atoms with Crippen molar-refractivity contribution in [3.63, 3.8) is 0 Å². The van der Waals surface area contributed by atoms with Crippen LogP contribution in [0.1, 0.15) is 23.3 Å². The first-order valence-electron chi connectivity index (χ1n) is 7.54. The Hall–Kier alpha value is -1.59. The van der Waals surface area contributed by atoms with Gasteiger partial charge in [0.15, 0.2) is 0 Å². The largest absolute Gasteiger partial charge is 0.377 e. The van der Waals surface area contributed by atoms with Crippen LogP contribution in [0.3, 0.4) is 0 Å². The van der Waals surface area contributed by atoms with E-state index in [1.165, 1.54) is 0 Å². The molecule has 1 N–H and O–H groups in total. The van der Waals surface area contributed by atoms with Crippen LogP contribution in [-0.4, -0.2) is 54.3 Å². The Morgan fingerprint density at radius 2 is 2.48 bits per heavy atom. The van der Waals surface area contributed by atoms with Crippen LogP contribution in [0.4, 0.5) is 0 Å². The third-order valence-corrected chi connectivity index (χ3v) is 4.31. The monoisotopic (exact) mass is 290 g/mol. The van der Waals surface area contributed by atoms with E-state index in [1.54, 1.807) is 12.3 Å². The fourth-order valence-corrected chi connectivity index (χ4v) is 3.37. The van der Waals surface area contributed by atoms with Gasteiger partial charge in [-0.3, -0.25) is 4.79 Å². The normalized spacial score (nSPS) is 28.4. The molecule has 0 radical (unpaired) electrons. The lowest BCUT2D eigenvalue weighted by Gasteiger charge is -2.37. The van der Waals surface area contributed by atoms with Crippen molar-refractivity contribution in [2.75, 3.05) is 26.4 Å². The van der Waals surface area contributed by atoms with Gasteiger partial charge in [-0.25, -0.2) is 0 Å². The molecule has 2 heterocycles. The minimum Gasteiger partial charge on any atom is -0.377 e. The SMILES string of the molecule is C=CCOC[C@@H]1C[C@@H]2OCCN(C(=O)c3ccc[nH]3)[C@H]2C1. The molecule has 2 fully saturated rings. The summed E-state index contributed by atoms with van der Waals surface area (Å²) in [5.41, 5.74) is 0.655. The van der Waals surface area contributed by atoms with Crippen molar-refractivity contribution in [2.24, 2.45) is 5.92 Å². The fourth-order valence-electron chi connectivity index (χ4n) is 3.37. The molecule has 1 aliphatic carbocycles. The minimum absolute atomic E-state index is 0.0750. The number of carbonyl (C=O) groups excluding carboxylic acids is 1. The summed E-state index contributed by atoms with van der Waals surface area (Å²) in [4.78, 5) is 17.5. The Bertz CT molecular complexity index is 486. The first kappa shape index (κ1) is 14.4. The average Bonchev–Trinajstić information content (AvgIpc) is 3.15. The van der Waals surface area contributed by atoms with Crippen LogP contribution in [0.25, 0.3) is 0 Å². The number of amides is 1. The van der Waals surface area contributed by atoms with E-state index in [0.29, 0.717) is 38.0 Å². The van der Waals surface area contributed by atoms with E-state index in [1.807, 2.05) is 17.0 Å².